The number of sulfonamides is 1. The maximum absolute atomic E-state index is 14.0. The van der Waals surface area contributed by atoms with Crippen molar-refractivity contribution in [2.75, 3.05) is 17.5 Å². The Morgan fingerprint density at radius 1 is 1.27 bits per heavy atom. The SMILES string of the molecule is CCOc1nn(CC)cc1S(=O)(=O)N1CC(CCC(=O)O)Oc2ccc(C=Cc3cccc(Cl)n3)cc21. The van der Waals surface area contributed by atoms with Crippen molar-refractivity contribution in [3.8, 4) is 11.6 Å². The van der Waals surface area contributed by atoms with Gasteiger partial charge >= 0.3 is 5.97 Å². The normalized spacial score (nSPS) is 15.4. The first-order valence-corrected chi connectivity index (χ1v) is 13.6. The van der Waals surface area contributed by atoms with Crippen LogP contribution in [0.2, 0.25) is 5.15 Å². The zero-order valence-electron chi connectivity index (χ0n) is 20.4. The van der Waals surface area contributed by atoms with Crippen molar-refractivity contribution in [3.63, 3.8) is 0 Å². The fourth-order valence-corrected chi connectivity index (χ4v) is 5.62. The van der Waals surface area contributed by atoms with E-state index in [0.29, 0.717) is 34.4 Å². The Balaban J connectivity index is 1.75. The molecule has 37 heavy (non-hydrogen) atoms. The second-order valence-corrected chi connectivity index (χ2v) is 10.5. The fraction of sp³-hybridized carbons (Fsp3) is 0.320. The van der Waals surface area contributed by atoms with Crippen LogP contribution in [-0.4, -0.2) is 53.5 Å². The molecule has 1 unspecified atom stereocenters. The van der Waals surface area contributed by atoms with E-state index >= 15 is 0 Å². The van der Waals surface area contributed by atoms with Gasteiger partial charge in [0.2, 0.25) is 0 Å². The molecule has 0 spiro atoms. The first kappa shape index (κ1) is 26.5. The lowest BCUT2D eigenvalue weighted by molar-refractivity contribution is -0.137. The van der Waals surface area contributed by atoms with Gasteiger partial charge in [-0.25, -0.2) is 13.4 Å². The van der Waals surface area contributed by atoms with Gasteiger partial charge in [0.1, 0.15) is 17.0 Å². The number of ether oxygens (including phenoxy) is 2. The summed E-state index contributed by atoms with van der Waals surface area (Å²) in [5.41, 5.74) is 1.69. The molecule has 1 N–H and O–H groups in total. The van der Waals surface area contributed by atoms with Crippen LogP contribution in [0.25, 0.3) is 12.2 Å². The standard InChI is InChI=1S/C25H27ClN4O6S/c1-3-29-16-22(25(28-29)35-4-2)37(33,34)30-15-19(11-13-24(31)32)36-21-12-9-17(14-20(21)30)8-10-18-6-5-7-23(26)27-18/h5-10,12,14,16,19H,3-4,11,13,15H2,1-2H3,(H,31,32). The number of carbonyl (C=O) groups is 1. The topological polar surface area (TPSA) is 124 Å². The Hall–Kier alpha value is -3.57. The Morgan fingerprint density at radius 2 is 2.08 bits per heavy atom. The zero-order valence-corrected chi connectivity index (χ0v) is 21.9. The van der Waals surface area contributed by atoms with E-state index in [9.17, 15) is 13.2 Å². The van der Waals surface area contributed by atoms with E-state index < -0.39 is 22.1 Å². The molecule has 12 heteroatoms. The first-order chi connectivity index (χ1) is 17.7. The highest BCUT2D eigenvalue weighted by Crippen LogP contribution is 2.40. The van der Waals surface area contributed by atoms with Crippen LogP contribution < -0.4 is 13.8 Å². The van der Waals surface area contributed by atoms with Crippen molar-refractivity contribution < 1.29 is 27.8 Å². The van der Waals surface area contributed by atoms with E-state index in [-0.39, 0.29) is 36.8 Å². The number of hydrogen-bond donors (Lipinski definition) is 1. The molecule has 10 nitrogen and oxygen atoms in total. The fourth-order valence-electron chi connectivity index (χ4n) is 3.87. The second kappa shape index (κ2) is 11.2. The minimum absolute atomic E-state index is 0.0163. The van der Waals surface area contributed by atoms with Crippen LogP contribution in [0.15, 0.2) is 47.5 Å². The van der Waals surface area contributed by atoms with Gasteiger partial charge in [-0.15, -0.1) is 5.10 Å². The molecule has 0 bridgehead atoms. The van der Waals surface area contributed by atoms with Crippen molar-refractivity contribution >= 4 is 45.4 Å². The molecular weight excluding hydrogens is 520 g/mol. The largest absolute Gasteiger partial charge is 0.486 e. The summed E-state index contributed by atoms with van der Waals surface area (Å²) in [6, 6.07) is 10.4. The highest BCUT2D eigenvalue weighted by Gasteiger charge is 2.37. The van der Waals surface area contributed by atoms with Crippen LogP contribution in [0.3, 0.4) is 0 Å². The molecule has 0 saturated heterocycles. The summed E-state index contributed by atoms with van der Waals surface area (Å²) < 4.78 is 42.2. The van der Waals surface area contributed by atoms with Gasteiger partial charge in [0.05, 0.1) is 24.5 Å². The van der Waals surface area contributed by atoms with Crippen LogP contribution in [-0.2, 0) is 21.4 Å². The van der Waals surface area contributed by atoms with Gasteiger partial charge in [-0.2, -0.15) is 0 Å². The molecule has 1 aromatic carbocycles. The molecule has 1 aliphatic heterocycles. The molecule has 1 atom stereocenters. The molecule has 0 amide bonds. The van der Waals surface area contributed by atoms with Gasteiger partial charge < -0.3 is 14.6 Å². The van der Waals surface area contributed by atoms with Crippen LogP contribution >= 0.6 is 11.6 Å². The maximum Gasteiger partial charge on any atom is 0.303 e. The summed E-state index contributed by atoms with van der Waals surface area (Å²) in [6.07, 6.45) is 4.35. The summed E-state index contributed by atoms with van der Waals surface area (Å²) in [5.74, 6) is -0.631. The number of hydrogen-bond acceptors (Lipinski definition) is 7. The number of fused-ring (bicyclic) bond motifs is 1. The molecule has 0 radical (unpaired) electrons. The lowest BCUT2D eigenvalue weighted by Crippen LogP contribution is -2.43. The minimum Gasteiger partial charge on any atom is -0.486 e. The number of carboxylic acids is 1. The molecular formula is C25H27ClN4O6S. The summed E-state index contributed by atoms with van der Waals surface area (Å²) in [4.78, 5) is 15.3. The van der Waals surface area contributed by atoms with Crippen LogP contribution in [0.5, 0.6) is 11.6 Å². The third kappa shape index (κ3) is 6.05. The van der Waals surface area contributed by atoms with Crippen molar-refractivity contribution in [2.45, 2.75) is 44.2 Å². The predicted octanol–water partition coefficient (Wildman–Crippen LogP) is 4.34. The highest BCUT2D eigenvalue weighted by molar-refractivity contribution is 7.93. The van der Waals surface area contributed by atoms with Crippen LogP contribution in [0.4, 0.5) is 5.69 Å². The molecule has 4 rings (SSSR count). The number of pyridine rings is 1. The number of anilines is 1. The predicted molar refractivity (Wildman–Crippen MR) is 140 cm³/mol. The summed E-state index contributed by atoms with van der Waals surface area (Å²) in [6.45, 7) is 4.24. The Kier molecular flexibility index (Phi) is 8.03. The molecule has 1 aliphatic rings. The molecule has 0 aliphatic carbocycles. The quantitative estimate of drug-likeness (QED) is 0.372. The maximum atomic E-state index is 14.0. The summed E-state index contributed by atoms with van der Waals surface area (Å²) in [5, 5.41) is 13.8. The number of aliphatic carboxylic acids is 1. The second-order valence-electron chi connectivity index (χ2n) is 8.24. The first-order valence-electron chi connectivity index (χ1n) is 11.8. The van der Waals surface area contributed by atoms with Crippen molar-refractivity contribution in [1.82, 2.24) is 14.8 Å². The number of halogens is 1. The third-order valence-electron chi connectivity index (χ3n) is 5.65. The highest BCUT2D eigenvalue weighted by atomic mass is 35.5. The molecule has 2 aromatic heterocycles. The number of nitrogens with zero attached hydrogens (tertiary/aromatic N) is 4. The monoisotopic (exact) mass is 546 g/mol. The van der Waals surface area contributed by atoms with Gasteiger partial charge in [-0.1, -0.05) is 29.8 Å². The summed E-state index contributed by atoms with van der Waals surface area (Å²) >= 11 is 5.97. The summed E-state index contributed by atoms with van der Waals surface area (Å²) in [7, 11) is -4.13. The third-order valence-corrected chi connectivity index (χ3v) is 7.62. The van der Waals surface area contributed by atoms with E-state index in [0.717, 1.165) is 0 Å². The lowest BCUT2D eigenvalue weighted by Gasteiger charge is -2.35. The number of aryl methyl sites for hydroxylation is 1. The molecule has 0 fully saturated rings. The van der Waals surface area contributed by atoms with Crippen LogP contribution in [0.1, 0.15) is 37.9 Å². The van der Waals surface area contributed by atoms with Crippen LogP contribution in [0, 0.1) is 0 Å². The van der Waals surface area contributed by atoms with E-state index in [4.69, 9.17) is 26.2 Å². The van der Waals surface area contributed by atoms with E-state index in [1.165, 1.54) is 15.2 Å². The number of rotatable bonds is 10. The van der Waals surface area contributed by atoms with Crippen molar-refractivity contribution in [3.05, 3.63) is 59.0 Å². The number of benzene rings is 1. The van der Waals surface area contributed by atoms with Gasteiger partial charge in [0, 0.05) is 19.2 Å². The molecule has 3 heterocycles. The van der Waals surface area contributed by atoms with Crippen molar-refractivity contribution in [2.24, 2.45) is 0 Å². The Labute approximate surface area is 220 Å². The van der Waals surface area contributed by atoms with E-state index in [1.807, 2.05) is 6.92 Å². The molecule has 0 saturated carbocycles. The van der Waals surface area contributed by atoms with Gasteiger partial charge in [-0.05, 0) is 56.2 Å². The Morgan fingerprint density at radius 3 is 2.78 bits per heavy atom. The molecule has 196 valence electrons. The number of aromatic nitrogens is 3. The van der Waals surface area contributed by atoms with E-state index in [1.54, 1.807) is 55.5 Å². The van der Waals surface area contributed by atoms with Gasteiger partial charge in [0.25, 0.3) is 15.9 Å². The van der Waals surface area contributed by atoms with Crippen molar-refractivity contribution in [1.29, 1.82) is 0 Å². The zero-order chi connectivity index (χ0) is 26.6. The minimum atomic E-state index is -4.13. The van der Waals surface area contributed by atoms with Gasteiger partial charge in [-0.3, -0.25) is 13.8 Å². The smallest absolute Gasteiger partial charge is 0.303 e. The average molecular weight is 547 g/mol. The lowest BCUT2D eigenvalue weighted by atomic mass is 10.1. The Bertz CT molecular complexity index is 1420. The number of carboxylic acid groups (broad SMARTS) is 1. The average Bonchev–Trinajstić information content (AvgIpc) is 3.30. The van der Waals surface area contributed by atoms with Gasteiger partial charge in [0.15, 0.2) is 4.90 Å². The molecule has 3 aromatic rings. The van der Waals surface area contributed by atoms with E-state index in [2.05, 4.69) is 10.1 Å².